The second kappa shape index (κ2) is 5.40. The molecule has 0 atom stereocenters. The van der Waals surface area contributed by atoms with Crippen LogP contribution in [-0.4, -0.2) is 16.2 Å². The quantitative estimate of drug-likeness (QED) is 0.434. The minimum absolute atomic E-state index is 0.00841. The summed E-state index contributed by atoms with van der Waals surface area (Å²) < 4.78 is 68.3. The largest absolute Gasteiger partial charge is 0.503 e. The van der Waals surface area contributed by atoms with Crippen molar-refractivity contribution in [1.29, 1.82) is 0 Å². The number of benzene rings is 3. The molecule has 0 aliphatic carbocycles. The van der Waals surface area contributed by atoms with Crippen LogP contribution in [-0.2, 0) is 10.3 Å². The lowest BCUT2D eigenvalue weighted by molar-refractivity contribution is 0.0215. The molecule has 0 saturated heterocycles. The van der Waals surface area contributed by atoms with Gasteiger partial charge in [-0.25, -0.2) is 13.6 Å². The molecule has 0 aromatic heterocycles. The minimum atomic E-state index is -2.17. The van der Waals surface area contributed by atoms with E-state index in [9.17, 15) is 32.6 Å². The van der Waals surface area contributed by atoms with Crippen LogP contribution in [0.5, 0.6) is 23.0 Å². The van der Waals surface area contributed by atoms with Crippen LogP contribution in [0.3, 0.4) is 0 Å². The van der Waals surface area contributed by atoms with Gasteiger partial charge in [0.15, 0.2) is 40.2 Å². The van der Waals surface area contributed by atoms with E-state index in [2.05, 4.69) is 0 Å². The summed E-state index contributed by atoms with van der Waals surface area (Å²) in [6.07, 6.45) is 0. The van der Waals surface area contributed by atoms with Gasteiger partial charge in [0.25, 0.3) is 0 Å². The van der Waals surface area contributed by atoms with Crippen molar-refractivity contribution in [1.82, 2.24) is 0 Å². The van der Waals surface area contributed by atoms with Crippen LogP contribution in [0, 0.1) is 23.3 Å². The lowest BCUT2D eigenvalue weighted by Gasteiger charge is -2.36. The van der Waals surface area contributed by atoms with Gasteiger partial charge in [0, 0.05) is 5.56 Å². The van der Waals surface area contributed by atoms with Gasteiger partial charge < -0.3 is 19.7 Å². The SMILES string of the molecule is O=C1OC2(c3ccccc31)c1cc(F)c(O)c(F)c1Oc1c2cc(F)c(O)c1F. The molecule has 5 nitrogen and oxygen atoms in total. The third-order valence-electron chi connectivity index (χ3n) is 5.03. The highest BCUT2D eigenvalue weighted by molar-refractivity contribution is 5.97. The van der Waals surface area contributed by atoms with E-state index < -0.39 is 69.0 Å². The molecule has 5 rings (SSSR count). The number of halogens is 4. The number of rotatable bonds is 0. The fourth-order valence-corrected chi connectivity index (χ4v) is 3.77. The van der Waals surface area contributed by atoms with Crippen LogP contribution >= 0.6 is 0 Å². The zero-order valence-corrected chi connectivity index (χ0v) is 14.1. The first kappa shape index (κ1) is 17.4. The molecule has 0 unspecified atom stereocenters. The van der Waals surface area contributed by atoms with Crippen molar-refractivity contribution in [3.05, 3.63) is 81.9 Å². The molecular weight excluding hydrogens is 396 g/mol. The molecule has 0 saturated carbocycles. The second-order valence-corrected chi connectivity index (χ2v) is 6.51. The normalized spacial score (nSPS) is 15.4. The van der Waals surface area contributed by atoms with Gasteiger partial charge in [-0.2, -0.15) is 8.78 Å². The number of phenolic OH excluding ortho intramolecular Hbond substituents is 2. The van der Waals surface area contributed by atoms with E-state index in [4.69, 9.17) is 9.47 Å². The molecule has 1 spiro atoms. The summed E-state index contributed by atoms with van der Waals surface area (Å²) in [7, 11) is 0. The van der Waals surface area contributed by atoms with Crippen LogP contribution < -0.4 is 4.74 Å². The number of ether oxygens (including phenoxy) is 2. The highest BCUT2D eigenvalue weighted by Crippen LogP contribution is 2.59. The van der Waals surface area contributed by atoms with E-state index in [0.29, 0.717) is 12.1 Å². The monoisotopic (exact) mass is 404 g/mol. The van der Waals surface area contributed by atoms with Crippen LogP contribution in [0.4, 0.5) is 17.6 Å². The molecule has 29 heavy (non-hydrogen) atoms. The first-order valence-corrected chi connectivity index (χ1v) is 8.21. The Bertz CT molecular complexity index is 1190. The first-order valence-electron chi connectivity index (χ1n) is 8.21. The number of carbonyl (C=O) groups is 1. The van der Waals surface area contributed by atoms with E-state index in [1.54, 1.807) is 0 Å². The van der Waals surface area contributed by atoms with Gasteiger partial charge in [0.05, 0.1) is 16.7 Å². The summed E-state index contributed by atoms with van der Waals surface area (Å²) in [5.74, 6) is -11.3. The van der Waals surface area contributed by atoms with Gasteiger partial charge in [-0.15, -0.1) is 0 Å². The number of carbonyl (C=O) groups excluding carboxylic acids is 1. The number of aromatic hydroxyl groups is 2. The van der Waals surface area contributed by atoms with Crippen molar-refractivity contribution in [3.63, 3.8) is 0 Å². The number of phenols is 2. The molecule has 0 amide bonds. The second-order valence-electron chi connectivity index (χ2n) is 6.51. The third-order valence-corrected chi connectivity index (χ3v) is 5.03. The Labute approximate surface area is 159 Å². The summed E-state index contributed by atoms with van der Waals surface area (Å²) in [5.41, 5.74) is -2.93. The molecule has 2 heterocycles. The number of esters is 1. The maximum absolute atomic E-state index is 14.6. The van der Waals surface area contributed by atoms with Gasteiger partial charge >= 0.3 is 5.97 Å². The Kier molecular flexibility index (Phi) is 3.23. The van der Waals surface area contributed by atoms with Crippen molar-refractivity contribution < 1.29 is 42.0 Å². The van der Waals surface area contributed by atoms with Crippen molar-refractivity contribution >= 4 is 5.97 Å². The fourth-order valence-electron chi connectivity index (χ4n) is 3.77. The van der Waals surface area contributed by atoms with Crippen LogP contribution in [0.2, 0.25) is 0 Å². The fraction of sp³-hybridized carbons (Fsp3) is 0.0500. The highest BCUT2D eigenvalue weighted by Gasteiger charge is 2.56. The molecular formula is C20H8F4O5. The first-order chi connectivity index (χ1) is 13.8. The van der Waals surface area contributed by atoms with Crippen molar-refractivity contribution in [3.8, 4) is 23.0 Å². The molecule has 0 fully saturated rings. The number of hydrogen-bond donors (Lipinski definition) is 2. The maximum atomic E-state index is 14.6. The topological polar surface area (TPSA) is 76.0 Å². The zero-order valence-electron chi connectivity index (χ0n) is 14.1. The molecule has 0 bridgehead atoms. The summed E-state index contributed by atoms with van der Waals surface area (Å²) in [6.45, 7) is 0. The molecule has 2 aliphatic heterocycles. The molecule has 2 N–H and O–H groups in total. The van der Waals surface area contributed by atoms with E-state index in [-0.39, 0.29) is 11.1 Å². The highest BCUT2D eigenvalue weighted by atomic mass is 19.1. The molecule has 2 aliphatic rings. The lowest BCUT2D eigenvalue weighted by atomic mass is 9.77. The minimum Gasteiger partial charge on any atom is -0.503 e. The number of fused-ring (bicyclic) bond motifs is 6. The molecule has 3 aromatic rings. The van der Waals surface area contributed by atoms with E-state index in [1.165, 1.54) is 24.3 Å². The van der Waals surface area contributed by atoms with Crippen molar-refractivity contribution in [2.24, 2.45) is 0 Å². The van der Waals surface area contributed by atoms with Gasteiger partial charge in [-0.05, 0) is 18.2 Å². The average molecular weight is 404 g/mol. The Balaban J connectivity index is 1.99. The van der Waals surface area contributed by atoms with Crippen LogP contribution in [0.1, 0.15) is 27.0 Å². The maximum Gasteiger partial charge on any atom is 0.340 e. The molecule has 9 heteroatoms. The standard InChI is InChI=1S/C20H8F4O5/c21-11-5-9-17(13(23)15(11)25)28-18-10(6-12(22)16(26)14(18)24)20(9)8-4-2-1-3-7(8)19(27)29-20/h1-6,25-26H. The summed E-state index contributed by atoms with van der Waals surface area (Å²) in [6, 6.07) is 7.10. The van der Waals surface area contributed by atoms with Gasteiger partial charge in [0.2, 0.25) is 11.6 Å². The van der Waals surface area contributed by atoms with Crippen LogP contribution in [0.25, 0.3) is 0 Å². The van der Waals surface area contributed by atoms with E-state index in [1.807, 2.05) is 0 Å². The summed E-state index contributed by atoms with van der Waals surface area (Å²) in [4.78, 5) is 12.5. The summed E-state index contributed by atoms with van der Waals surface area (Å²) in [5, 5.41) is 19.2. The van der Waals surface area contributed by atoms with Crippen molar-refractivity contribution in [2.75, 3.05) is 0 Å². The van der Waals surface area contributed by atoms with E-state index >= 15 is 0 Å². The molecule has 0 radical (unpaired) electrons. The predicted molar refractivity (Wildman–Crippen MR) is 87.9 cm³/mol. The molecule has 3 aromatic carbocycles. The Morgan fingerprint density at radius 3 is 1.86 bits per heavy atom. The van der Waals surface area contributed by atoms with Gasteiger partial charge in [-0.1, -0.05) is 18.2 Å². The smallest absolute Gasteiger partial charge is 0.340 e. The average Bonchev–Trinajstić information content (AvgIpc) is 3.00. The van der Waals surface area contributed by atoms with Gasteiger partial charge in [0.1, 0.15) is 0 Å². The number of hydrogen-bond acceptors (Lipinski definition) is 5. The Morgan fingerprint density at radius 2 is 1.31 bits per heavy atom. The zero-order chi connectivity index (χ0) is 20.7. The Hall–Kier alpha value is -3.75. The Morgan fingerprint density at radius 1 is 0.793 bits per heavy atom. The van der Waals surface area contributed by atoms with Crippen molar-refractivity contribution in [2.45, 2.75) is 5.60 Å². The lowest BCUT2D eigenvalue weighted by Crippen LogP contribution is -2.34. The summed E-state index contributed by atoms with van der Waals surface area (Å²) >= 11 is 0. The van der Waals surface area contributed by atoms with E-state index in [0.717, 1.165) is 0 Å². The van der Waals surface area contributed by atoms with Crippen LogP contribution in [0.15, 0.2) is 36.4 Å². The van der Waals surface area contributed by atoms with Gasteiger partial charge in [-0.3, -0.25) is 0 Å². The third kappa shape index (κ3) is 1.96. The predicted octanol–water partition coefficient (Wildman–Crippen LogP) is 4.22. The molecule has 146 valence electrons.